The van der Waals surface area contributed by atoms with E-state index in [2.05, 4.69) is 10.4 Å². The van der Waals surface area contributed by atoms with Crippen molar-refractivity contribution < 1.29 is 17.9 Å². The molecule has 0 atom stereocenters. The number of nitrogens with zero attached hydrogens (tertiary/aromatic N) is 3. The van der Waals surface area contributed by atoms with Crippen LogP contribution >= 0.6 is 0 Å². The fourth-order valence-corrected chi connectivity index (χ4v) is 6.05. The number of carbonyl (C=O) groups excluding carboxylic acids is 1. The van der Waals surface area contributed by atoms with Crippen molar-refractivity contribution in [2.45, 2.75) is 44.6 Å². The first-order valence-corrected chi connectivity index (χ1v) is 14.3. The van der Waals surface area contributed by atoms with Crippen LogP contribution in [-0.4, -0.2) is 48.6 Å². The minimum atomic E-state index is -3.53. The van der Waals surface area contributed by atoms with E-state index in [-0.39, 0.29) is 12.3 Å². The van der Waals surface area contributed by atoms with Crippen molar-refractivity contribution in [3.8, 4) is 5.75 Å². The molecule has 0 saturated heterocycles. The van der Waals surface area contributed by atoms with E-state index < -0.39 is 10.0 Å². The summed E-state index contributed by atoms with van der Waals surface area (Å²) in [6, 6.07) is 22.1. The van der Waals surface area contributed by atoms with Gasteiger partial charge >= 0.3 is 0 Å². The molecular weight excluding hydrogens is 500 g/mol. The number of sulfonamides is 1. The molecule has 9 heteroatoms. The zero-order valence-corrected chi connectivity index (χ0v) is 22.9. The lowest BCUT2D eigenvalue weighted by Crippen LogP contribution is -2.32. The molecule has 0 saturated carbocycles. The third kappa shape index (κ3) is 6.23. The zero-order valence-electron chi connectivity index (χ0n) is 22.1. The van der Waals surface area contributed by atoms with Crippen molar-refractivity contribution in [1.82, 2.24) is 14.1 Å². The second-order valence-electron chi connectivity index (χ2n) is 9.15. The van der Waals surface area contributed by atoms with Gasteiger partial charge in [-0.05, 0) is 60.4 Å². The van der Waals surface area contributed by atoms with Gasteiger partial charge in [-0.2, -0.15) is 9.40 Å². The van der Waals surface area contributed by atoms with E-state index in [1.54, 1.807) is 23.5 Å². The lowest BCUT2D eigenvalue weighted by Gasteiger charge is -2.21. The van der Waals surface area contributed by atoms with Crippen LogP contribution in [0.25, 0.3) is 10.9 Å². The van der Waals surface area contributed by atoms with E-state index in [1.807, 2.05) is 79.2 Å². The van der Waals surface area contributed by atoms with Gasteiger partial charge in [0.05, 0.1) is 30.5 Å². The largest absolute Gasteiger partial charge is 0.497 e. The summed E-state index contributed by atoms with van der Waals surface area (Å²) < 4.78 is 34.8. The SMILES string of the molecule is CCCN(CCC)S(=O)(=O)c1ccc(Cn2nc(NC(=O)Cc3cccc(OC)c3)c3ccccc32)cc1. The maximum Gasteiger partial charge on any atom is 0.243 e. The minimum Gasteiger partial charge on any atom is -0.497 e. The van der Waals surface area contributed by atoms with E-state index >= 15 is 0 Å². The van der Waals surface area contributed by atoms with Crippen LogP contribution in [0, 0.1) is 0 Å². The minimum absolute atomic E-state index is 0.174. The quantitative estimate of drug-likeness (QED) is 0.273. The Hall–Kier alpha value is -3.69. The molecule has 3 aromatic carbocycles. The van der Waals surface area contributed by atoms with Crippen LogP contribution in [0.3, 0.4) is 0 Å². The van der Waals surface area contributed by atoms with Crippen LogP contribution in [0.5, 0.6) is 5.75 Å². The van der Waals surface area contributed by atoms with Gasteiger partial charge in [0, 0.05) is 18.5 Å². The molecule has 38 heavy (non-hydrogen) atoms. The molecule has 0 aliphatic carbocycles. The number of hydrogen-bond donors (Lipinski definition) is 1. The molecule has 0 fully saturated rings. The highest BCUT2D eigenvalue weighted by Gasteiger charge is 2.23. The van der Waals surface area contributed by atoms with Crippen molar-refractivity contribution in [3.05, 3.63) is 83.9 Å². The maximum atomic E-state index is 13.1. The number of para-hydroxylation sites is 1. The molecule has 0 spiro atoms. The lowest BCUT2D eigenvalue weighted by atomic mass is 10.1. The third-order valence-corrected chi connectivity index (χ3v) is 8.17. The molecular formula is C29H34N4O4S. The maximum absolute atomic E-state index is 13.1. The lowest BCUT2D eigenvalue weighted by molar-refractivity contribution is -0.115. The fourth-order valence-electron chi connectivity index (χ4n) is 4.42. The topological polar surface area (TPSA) is 93.5 Å². The molecule has 0 aliphatic rings. The molecule has 8 nitrogen and oxygen atoms in total. The molecule has 4 rings (SSSR count). The number of nitrogens with one attached hydrogen (secondary N) is 1. The number of rotatable bonds is 12. The predicted octanol–water partition coefficient (Wildman–Crippen LogP) is 5.09. The average Bonchev–Trinajstić information content (AvgIpc) is 3.25. The van der Waals surface area contributed by atoms with Crippen LogP contribution in [0.2, 0.25) is 0 Å². The highest BCUT2D eigenvalue weighted by Crippen LogP contribution is 2.25. The molecule has 0 aliphatic heterocycles. The molecule has 0 bridgehead atoms. The molecule has 1 N–H and O–H groups in total. The van der Waals surface area contributed by atoms with Crippen molar-refractivity contribution in [1.29, 1.82) is 0 Å². The average molecular weight is 535 g/mol. The van der Waals surface area contributed by atoms with Gasteiger partial charge in [-0.1, -0.05) is 50.2 Å². The van der Waals surface area contributed by atoms with Crippen LogP contribution in [0.1, 0.15) is 37.8 Å². The Bertz CT molecular complexity index is 1490. The van der Waals surface area contributed by atoms with Crippen molar-refractivity contribution in [2.24, 2.45) is 0 Å². The number of methoxy groups -OCH3 is 1. The summed E-state index contributed by atoms with van der Waals surface area (Å²) in [4.78, 5) is 13.1. The Labute approximate surface area is 224 Å². The number of amides is 1. The van der Waals surface area contributed by atoms with Gasteiger partial charge in [0.1, 0.15) is 5.75 Å². The Morgan fingerprint density at radius 1 is 0.947 bits per heavy atom. The standard InChI is InChI=1S/C29H34N4O4S/c1-4-17-32(18-5-2)38(35,36)25-15-13-22(14-16-25)21-33-27-12-7-6-11-26(27)29(31-33)30-28(34)20-23-9-8-10-24(19-23)37-3/h6-16,19H,4-5,17-18,20-21H2,1-3H3,(H,30,31,34). The Kier molecular flexibility index (Phi) is 8.81. The van der Waals surface area contributed by atoms with Gasteiger partial charge in [-0.25, -0.2) is 8.42 Å². The van der Waals surface area contributed by atoms with Crippen LogP contribution < -0.4 is 10.1 Å². The van der Waals surface area contributed by atoms with Gasteiger partial charge in [0.25, 0.3) is 0 Å². The highest BCUT2D eigenvalue weighted by atomic mass is 32.2. The third-order valence-electron chi connectivity index (χ3n) is 6.25. The first-order valence-electron chi connectivity index (χ1n) is 12.8. The molecule has 4 aromatic rings. The van der Waals surface area contributed by atoms with Gasteiger partial charge in [0.15, 0.2) is 5.82 Å². The molecule has 1 amide bonds. The number of fused-ring (bicyclic) bond motifs is 1. The van der Waals surface area contributed by atoms with Crippen molar-refractivity contribution >= 4 is 32.7 Å². The van der Waals surface area contributed by atoms with E-state index in [1.165, 1.54) is 0 Å². The number of benzene rings is 3. The summed E-state index contributed by atoms with van der Waals surface area (Å²) in [7, 11) is -1.94. The van der Waals surface area contributed by atoms with E-state index in [0.717, 1.165) is 34.9 Å². The summed E-state index contributed by atoms with van der Waals surface area (Å²) in [5.74, 6) is 1.02. The van der Waals surface area contributed by atoms with E-state index in [4.69, 9.17) is 4.74 Å². The Balaban J connectivity index is 1.53. The molecule has 200 valence electrons. The number of ether oxygens (including phenoxy) is 1. The summed E-state index contributed by atoms with van der Waals surface area (Å²) in [5.41, 5.74) is 2.62. The molecule has 0 unspecified atom stereocenters. The number of hydrogen-bond acceptors (Lipinski definition) is 5. The Morgan fingerprint density at radius 2 is 1.66 bits per heavy atom. The summed E-state index contributed by atoms with van der Waals surface area (Å²) >= 11 is 0. The number of carbonyl (C=O) groups is 1. The van der Waals surface area contributed by atoms with Gasteiger partial charge in [-0.15, -0.1) is 0 Å². The van der Waals surface area contributed by atoms with E-state index in [0.29, 0.717) is 36.1 Å². The first kappa shape index (κ1) is 27.3. The normalized spacial score (nSPS) is 11.7. The van der Waals surface area contributed by atoms with E-state index in [9.17, 15) is 13.2 Å². The number of anilines is 1. The van der Waals surface area contributed by atoms with Gasteiger partial charge < -0.3 is 10.1 Å². The second-order valence-corrected chi connectivity index (χ2v) is 11.1. The van der Waals surface area contributed by atoms with Crippen LogP contribution in [-0.2, 0) is 27.8 Å². The second kappa shape index (κ2) is 12.2. The van der Waals surface area contributed by atoms with Gasteiger partial charge in [-0.3, -0.25) is 9.48 Å². The highest BCUT2D eigenvalue weighted by molar-refractivity contribution is 7.89. The first-order chi connectivity index (χ1) is 18.3. The molecule has 1 aromatic heterocycles. The molecule has 1 heterocycles. The molecule has 0 radical (unpaired) electrons. The Morgan fingerprint density at radius 3 is 2.34 bits per heavy atom. The van der Waals surface area contributed by atoms with Gasteiger partial charge in [0.2, 0.25) is 15.9 Å². The smallest absolute Gasteiger partial charge is 0.243 e. The fraction of sp³-hybridized carbons (Fsp3) is 0.310. The summed E-state index contributed by atoms with van der Waals surface area (Å²) in [6.07, 6.45) is 1.73. The monoisotopic (exact) mass is 534 g/mol. The van der Waals surface area contributed by atoms with Crippen molar-refractivity contribution in [3.63, 3.8) is 0 Å². The van der Waals surface area contributed by atoms with Crippen LogP contribution in [0.4, 0.5) is 5.82 Å². The predicted molar refractivity (Wildman–Crippen MR) is 150 cm³/mol. The van der Waals surface area contributed by atoms with Crippen molar-refractivity contribution in [2.75, 3.05) is 25.5 Å². The van der Waals surface area contributed by atoms with Crippen LogP contribution in [0.15, 0.2) is 77.7 Å². The number of aromatic nitrogens is 2. The summed E-state index contributed by atoms with van der Waals surface area (Å²) in [5, 5.41) is 8.46. The zero-order chi connectivity index (χ0) is 27.1. The summed E-state index contributed by atoms with van der Waals surface area (Å²) in [6.45, 7) is 5.39.